The normalized spacial score (nSPS) is 40.8. The molecule has 0 bridgehead atoms. The molecule has 21 heavy (non-hydrogen) atoms. The van der Waals surface area contributed by atoms with Crippen LogP contribution in [0.2, 0.25) is 0 Å². The number of benzene rings is 1. The predicted molar refractivity (Wildman–Crippen MR) is 85.0 cm³/mol. The second kappa shape index (κ2) is 4.54. The topological polar surface area (TPSA) is 20.2 Å². The Bertz CT molecular complexity index is 611. The molecule has 0 aromatic heterocycles. The molecule has 1 aromatic rings. The van der Waals surface area contributed by atoms with Crippen molar-refractivity contribution in [3.8, 4) is 18.1 Å². The molecule has 3 aliphatic carbocycles. The molecule has 4 rings (SSSR count). The molecular weight excluding hydrogens is 256 g/mol. The quantitative estimate of drug-likeness (QED) is 0.694. The molecule has 1 N–H and O–H groups in total. The van der Waals surface area contributed by atoms with E-state index in [0.29, 0.717) is 23.0 Å². The first kappa shape index (κ1) is 13.3. The Morgan fingerprint density at radius 2 is 2.10 bits per heavy atom. The van der Waals surface area contributed by atoms with Crippen LogP contribution in [0, 0.1) is 35.5 Å². The molecule has 1 aromatic carbocycles. The summed E-state index contributed by atoms with van der Waals surface area (Å²) in [4.78, 5) is 0. The third-order valence-corrected chi connectivity index (χ3v) is 6.91. The maximum absolute atomic E-state index is 9.72. The Morgan fingerprint density at radius 1 is 1.24 bits per heavy atom. The van der Waals surface area contributed by atoms with Crippen molar-refractivity contribution in [1.82, 2.24) is 0 Å². The van der Waals surface area contributed by atoms with E-state index in [9.17, 15) is 5.11 Å². The fourth-order valence-corrected chi connectivity index (χ4v) is 5.84. The molecule has 2 fully saturated rings. The van der Waals surface area contributed by atoms with Gasteiger partial charge in [-0.2, -0.15) is 0 Å². The number of terminal acetylenes is 1. The van der Waals surface area contributed by atoms with Crippen molar-refractivity contribution >= 4 is 0 Å². The van der Waals surface area contributed by atoms with Crippen molar-refractivity contribution in [2.24, 2.45) is 23.2 Å². The smallest absolute Gasteiger partial charge is 0.115 e. The summed E-state index contributed by atoms with van der Waals surface area (Å²) in [7, 11) is 0. The first-order valence-electron chi connectivity index (χ1n) is 8.41. The fraction of sp³-hybridized carbons (Fsp3) is 0.600. The molecule has 5 atom stereocenters. The van der Waals surface area contributed by atoms with E-state index in [1.165, 1.54) is 43.2 Å². The highest BCUT2D eigenvalue weighted by Crippen LogP contribution is 2.62. The van der Waals surface area contributed by atoms with Crippen LogP contribution in [0.1, 0.15) is 56.1 Å². The maximum atomic E-state index is 9.72. The zero-order valence-electron chi connectivity index (χ0n) is 12.8. The first-order chi connectivity index (χ1) is 10.1. The monoisotopic (exact) mass is 280 g/mol. The molecule has 0 radical (unpaired) electrons. The summed E-state index contributed by atoms with van der Waals surface area (Å²) in [6.45, 7) is 2.46. The second-order valence-corrected chi connectivity index (χ2v) is 7.64. The van der Waals surface area contributed by atoms with E-state index in [-0.39, 0.29) is 0 Å². The lowest BCUT2D eigenvalue weighted by Gasteiger charge is -2.50. The van der Waals surface area contributed by atoms with Gasteiger partial charge in [-0.05, 0) is 85.0 Å². The number of rotatable bonds is 0. The summed E-state index contributed by atoms with van der Waals surface area (Å²) in [5.41, 5.74) is 3.27. The van der Waals surface area contributed by atoms with Crippen LogP contribution in [-0.4, -0.2) is 5.11 Å². The summed E-state index contributed by atoms with van der Waals surface area (Å²) >= 11 is 0. The van der Waals surface area contributed by atoms with Crippen LogP contribution >= 0.6 is 0 Å². The summed E-state index contributed by atoms with van der Waals surface area (Å²) in [5, 5.41) is 9.72. The molecule has 0 aliphatic heterocycles. The Kier molecular flexibility index (Phi) is 2.86. The number of hydrogen-bond acceptors (Lipinski definition) is 1. The van der Waals surface area contributed by atoms with Crippen LogP contribution in [0.15, 0.2) is 18.2 Å². The van der Waals surface area contributed by atoms with E-state index in [4.69, 9.17) is 6.42 Å². The fourth-order valence-electron chi connectivity index (χ4n) is 5.84. The molecule has 3 aliphatic rings. The third-order valence-electron chi connectivity index (χ3n) is 6.91. The van der Waals surface area contributed by atoms with Gasteiger partial charge in [-0.25, -0.2) is 0 Å². The average Bonchev–Trinajstić information content (AvgIpc) is 2.83. The van der Waals surface area contributed by atoms with Crippen molar-refractivity contribution in [2.45, 2.75) is 51.4 Å². The van der Waals surface area contributed by atoms with Crippen LogP contribution < -0.4 is 0 Å². The van der Waals surface area contributed by atoms with Crippen molar-refractivity contribution < 1.29 is 5.11 Å². The highest BCUT2D eigenvalue weighted by atomic mass is 16.3. The van der Waals surface area contributed by atoms with Crippen molar-refractivity contribution in [2.75, 3.05) is 0 Å². The minimum atomic E-state index is 0.379. The minimum Gasteiger partial charge on any atom is -0.508 e. The highest BCUT2D eigenvalue weighted by Gasteiger charge is 2.54. The van der Waals surface area contributed by atoms with Gasteiger partial charge in [0.15, 0.2) is 0 Å². The SMILES string of the molecule is C#C[C@@H]1CC[C@H]2[C@@H]3CCc4cc(O)ccc4[C@H]3CC[C@]12C. The Hall–Kier alpha value is -1.42. The van der Waals surface area contributed by atoms with Crippen LogP contribution in [0.25, 0.3) is 0 Å². The third kappa shape index (κ3) is 1.78. The standard InChI is InChI=1S/C20H24O/c1-3-14-5-9-19-18-7-4-13-12-15(21)6-8-16(13)17(18)10-11-20(14,19)2/h1,6,8,12,14,17-19,21H,4-5,7,9-11H2,2H3/t14-,17-,18-,19+,20-/m1/s1. The summed E-state index contributed by atoms with van der Waals surface area (Å²) < 4.78 is 0. The van der Waals surface area contributed by atoms with Gasteiger partial charge in [0.1, 0.15) is 5.75 Å². The first-order valence-corrected chi connectivity index (χ1v) is 8.41. The van der Waals surface area contributed by atoms with Gasteiger partial charge < -0.3 is 5.11 Å². The molecule has 1 nitrogen and oxygen atoms in total. The van der Waals surface area contributed by atoms with Gasteiger partial charge in [-0.1, -0.05) is 13.0 Å². The summed E-state index contributed by atoms with van der Waals surface area (Å²) in [6, 6.07) is 6.03. The van der Waals surface area contributed by atoms with E-state index in [0.717, 1.165) is 18.3 Å². The molecule has 0 spiro atoms. The molecule has 0 amide bonds. The van der Waals surface area contributed by atoms with Crippen molar-refractivity contribution in [3.05, 3.63) is 29.3 Å². The van der Waals surface area contributed by atoms with E-state index in [1.54, 1.807) is 0 Å². The van der Waals surface area contributed by atoms with Gasteiger partial charge in [0.25, 0.3) is 0 Å². The molecule has 2 saturated carbocycles. The maximum Gasteiger partial charge on any atom is 0.115 e. The molecule has 0 heterocycles. The lowest BCUT2D eigenvalue weighted by Crippen LogP contribution is -2.42. The lowest BCUT2D eigenvalue weighted by atomic mass is 9.54. The molecule has 110 valence electrons. The van der Waals surface area contributed by atoms with E-state index >= 15 is 0 Å². The van der Waals surface area contributed by atoms with Gasteiger partial charge in [0.05, 0.1) is 0 Å². The predicted octanol–water partition coefficient (Wildman–Crippen LogP) is 4.50. The van der Waals surface area contributed by atoms with E-state index in [1.807, 2.05) is 12.1 Å². The Labute approximate surface area is 127 Å². The lowest BCUT2D eigenvalue weighted by molar-refractivity contribution is 0.0432. The Morgan fingerprint density at radius 3 is 2.90 bits per heavy atom. The molecule has 1 heteroatoms. The van der Waals surface area contributed by atoms with Gasteiger partial charge in [-0.15, -0.1) is 12.3 Å². The van der Waals surface area contributed by atoms with Crippen molar-refractivity contribution in [1.29, 1.82) is 0 Å². The van der Waals surface area contributed by atoms with Gasteiger partial charge in [-0.3, -0.25) is 0 Å². The van der Waals surface area contributed by atoms with Gasteiger partial charge >= 0.3 is 0 Å². The van der Waals surface area contributed by atoms with Gasteiger partial charge in [0.2, 0.25) is 0 Å². The molecule has 0 saturated heterocycles. The summed E-state index contributed by atoms with van der Waals surface area (Å²) in [5.74, 6) is 6.31. The van der Waals surface area contributed by atoms with E-state index in [2.05, 4.69) is 18.9 Å². The average molecular weight is 280 g/mol. The van der Waals surface area contributed by atoms with Crippen LogP contribution in [0.3, 0.4) is 0 Å². The van der Waals surface area contributed by atoms with Crippen molar-refractivity contribution in [3.63, 3.8) is 0 Å². The number of fused-ring (bicyclic) bond motifs is 5. The molecule has 0 unspecified atom stereocenters. The number of aryl methyl sites for hydroxylation is 1. The second-order valence-electron chi connectivity index (χ2n) is 7.64. The number of phenols is 1. The van der Waals surface area contributed by atoms with E-state index < -0.39 is 0 Å². The largest absolute Gasteiger partial charge is 0.508 e. The minimum absolute atomic E-state index is 0.379. The molecular formula is C20H24O. The van der Waals surface area contributed by atoms with Crippen LogP contribution in [0.4, 0.5) is 0 Å². The zero-order valence-corrected chi connectivity index (χ0v) is 12.8. The number of aromatic hydroxyl groups is 1. The summed E-state index contributed by atoms with van der Waals surface area (Å²) in [6.07, 6.45) is 13.3. The van der Waals surface area contributed by atoms with Crippen LogP contribution in [-0.2, 0) is 6.42 Å². The van der Waals surface area contributed by atoms with Gasteiger partial charge in [0, 0.05) is 5.92 Å². The highest BCUT2D eigenvalue weighted by molar-refractivity contribution is 5.40. The number of hydrogen-bond donors (Lipinski definition) is 1. The van der Waals surface area contributed by atoms with Crippen LogP contribution in [0.5, 0.6) is 5.75 Å². The Balaban J connectivity index is 1.70. The number of phenolic OH excluding ortho intramolecular Hbond substituents is 1. The zero-order chi connectivity index (χ0) is 14.6.